The van der Waals surface area contributed by atoms with Crippen LogP contribution in [0.1, 0.15) is 5.56 Å². The van der Waals surface area contributed by atoms with Gasteiger partial charge in [-0.2, -0.15) is 0 Å². The van der Waals surface area contributed by atoms with E-state index in [0.29, 0.717) is 6.61 Å². The number of rotatable bonds is 0. The number of nitrogens with zero attached hydrogens (tertiary/aromatic N) is 1. The predicted molar refractivity (Wildman–Crippen MR) is 56.9 cm³/mol. The van der Waals surface area contributed by atoms with Crippen molar-refractivity contribution in [2.24, 2.45) is 4.99 Å². The maximum atomic E-state index is 5.55. The molecule has 1 heterocycles. The Morgan fingerprint density at radius 2 is 2.23 bits per heavy atom. The minimum Gasteiger partial charge on any atom is -0.491 e. The summed E-state index contributed by atoms with van der Waals surface area (Å²) in [4.78, 5) is 4.44. The number of hydrogen-bond donors (Lipinski definition) is 0. The average molecular weight is 193 g/mol. The van der Waals surface area contributed by atoms with Gasteiger partial charge >= 0.3 is 0 Å². The highest BCUT2D eigenvalue weighted by atomic mass is 32.2. The highest BCUT2D eigenvalue weighted by molar-refractivity contribution is 8.13. The lowest BCUT2D eigenvalue weighted by atomic mass is 10.2. The zero-order chi connectivity index (χ0) is 9.10. The van der Waals surface area contributed by atoms with Crippen molar-refractivity contribution < 1.29 is 4.74 Å². The molecule has 0 bridgehead atoms. The van der Waals surface area contributed by atoms with Crippen LogP contribution in [0.3, 0.4) is 0 Å². The molecule has 2 rings (SSSR count). The fourth-order valence-electron chi connectivity index (χ4n) is 1.33. The number of benzene rings is 1. The molecule has 0 atom stereocenters. The number of fused-ring (bicyclic) bond motifs is 1. The first kappa shape index (κ1) is 8.63. The van der Waals surface area contributed by atoms with Crippen LogP contribution in [0.25, 0.3) is 0 Å². The molecule has 0 saturated heterocycles. The Kier molecular flexibility index (Phi) is 2.54. The molecule has 1 aromatic rings. The van der Waals surface area contributed by atoms with E-state index in [0.717, 1.165) is 22.9 Å². The highest BCUT2D eigenvalue weighted by Gasteiger charge is 2.11. The third-order valence-electron chi connectivity index (χ3n) is 1.92. The normalized spacial score (nSPS) is 15.3. The summed E-state index contributed by atoms with van der Waals surface area (Å²) in [6.07, 6.45) is 2.04. The van der Waals surface area contributed by atoms with Crippen LogP contribution in [-0.2, 0) is 0 Å². The molecule has 0 aromatic heterocycles. The molecule has 1 aliphatic heterocycles. The molecule has 1 aromatic carbocycles. The minimum absolute atomic E-state index is 0.682. The highest BCUT2D eigenvalue weighted by Crippen LogP contribution is 2.24. The van der Waals surface area contributed by atoms with Gasteiger partial charge in [-0.05, 0) is 18.4 Å². The van der Waals surface area contributed by atoms with E-state index in [4.69, 9.17) is 4.74 Å². The van der Waals surface area contributed by atoms with Gasteiger partial charge in [0.2, 0.25) is 0 Å². The van der Waals surface area contributed by atoms with Crippen molar-refractivity contribution >= 4 is 16.8 Å². The molecule has 2 nitrogen and oxygen atoms in total. The molecular formula is C10H11NOS. The van der Waals surface area contributed by atoms with Crippen LogP contribution in [0, 0.1) is 0 Å². The summed E-state index contributed by atoms with van der Waals surface area (Å²) in [6, 6.07) is 8.05. The van der Waals surface area contributed by atoms with Gasteiger partial charge in [-0.3, -0.25) is 4.99 Å². The smallest absolute Gasteiger partial charge is 0.129 e. The summed E-state index contributed by atoms with van der Waals surface area (Å²) < 4.78 is 5.55. The Morgan fingerprint density at radius 1 is 1.38 bits per heavy atom. The number of ether oxygens (including phenoxy) is 1. The van der Waals surface area contributed by atoms with Crippen molar-refractivity contribution in [2.75, 3.05) is 19.4 Å². The van der Waals surface area contributed by atoms with E-state index in [2.05, 4.69) is 11.1 Å². The Labute approximate surface area is 82.0 Å². The SMILES string of the molecule is CSC1=NCCOc2ccccc21. The van der Waals surface area contributed by atoms with E-state index in [-0.39, 0.29) is 0 Å². The van der Waals surface area contributed by atoms with Crippen LogP contribution in [0.5, 0.6) is 5.75 Å². The zero-order valence-electron chi connectivity index (χ0n) is 7.49. The first-order chi connectivity index (χ1) is 6.42. The second-order valence-corrected chi connectivity index (χ2v) is 3.53. The fraction of sp³-hybridized carbons (Fsp3) is 0.300. The quantitative estimate of drug-likeness (QED) is 0.630. The second-order valence-electron chi connectivity index (χ2n) is 2.74. The van der Waals surface area contributed by atoms with E-state index in [1.165, 1.54) is 0 Å². The summed E-state index contributed by atoms with van der Waals surface area (Å²) in [7, 11) is 0. The Bertz CT molecular complexity index is 335. The maximum absolute atomic E-state index is 5.55. The number of aliphatic imine (C=N–C) groups is 1. The van der Waals surface area contributed by atoms with Gasteiger partial charge in [-0.15, -0.1) is 11.8 Å². The van der Waals surface area contributed by atoms with Crippen molar-refractivity contribution in [1.82, 2.24) is 0 Å². The number of thioether (sulfide) groups is 1. The lowest BCUT2D eigenvalue weighted by molar-refractivity contribution is 0.331. The lowest BCUT2D eigenvalue weighted by Gasteiger charge is -2.06. The molecule has 68 valence electrons. The largest absolute Gasteiger partial charge is 0.491 e. The second kappa shape index (κ2) is 3.83. The van der Waals surface area contributed by atoms with E-state index in [9.17, 15) is 0 Å². The third-order valence-corrected chi connectivity index (χ3v) is 2.65. The molecule has 0 fully saturated rings. The van der Waals surface area contributed by atoms with Gasteiger partial charge in [-0.25, -0.2) is 0 Å². The Hall–Kier alpha value is -0.960. The van der Waals surface area contributed by atoms with Gasteiger partial charge in [0.15, 0.2) is 0 Å². The van der Waals surface area contributed by atoms with Crippen molar-refractivity contribution in [3.05, 3.63) is 29.8 Å². The van der Waals surface area contributed by atoms with Gasteiger partial charge in [0, 0.05) is 5.56 Å². The minimum atomic E-state index is 0.682. The molecule has 0 unspecified atom stereocenters. The van der Waals surface area contributed by atoms with Crippen molar-refractivity contribution in [3.8, 4) is 5.75 Å². The molecule has 0 N–H and O–H groups in total. The molecule has 0 saturated carbocycles. The van der Waals surface area contributed by atoms with Crippen LogP contribution in [0.15, 0.2) is 29.3 Å². The van der Waals surface area contributed by atoms with Crippen LogP contribution in [-0.4, -0.2) is 24.5 Å². The third kappa shape index (κ3) is 1.70. The van der Waals surface area contributed by atoms with Crippen LogP contribution in [0.4, 0.5) is 0 Å². The van der Waals surface area contributed by atoms with E-state index < -0.39 is 0 Å². The molecule has 0 spiro atoms. The van der Waals surface area contributed by atoms with Crippen LogP contribution < -0.4 is 4.74 Å². The molecule has 0 aliphatic carbocycles. The van der Waals surface area contributed by atoms with Crippen LogP contribution in [0.2, 0.25) is 0 Å². The number of hydrogen-bond acceptors (Lipinski definition) is 3. The van der Waals surface area contributed by atoms with E-state index in [1.54, 1.807) is 11.8 Å². The van der Waals surface area contributed by atoms with E-state index in [1.807, 2.05) is 24.5 Å². The summed E-state index contributed by atoms with van der Waals surface area (Å²) in [5.41, 5.74) is 1.12. The van der Waals surface area contributed by atoms with Crippen molar-refractivity contribution in [2.45, 2.75) is 0 Å². The summed E-state index contributed by atoms with van der Waals surface area (Å²) in [5.74, 6) is 0.952. The number of para-hydroxylation sites is 1. The Balaban J connectivity index is 2.47. The van der Waals surface area contributed by atoms with Gasteiger partial charge in [0.1, 0.15) is 17.4 Å². The topological polar surface area (TPSA) is 21.6 Å². The van der Waals surface area contributed by atoms with E-state index >= 15 is 0 Å². The molecule has 0 amide bonds. The van der Waals surface area contributed by atoms with Gasteiger partial charge in [0.25, 0.3) is 0 Å². The van der Waals surface area contributed by atoms with Gasteiger partial charge in [0.05, 0.1) is 6.54 Å². The first-order valence-electron chi connectivity index (χ1n) is 4.22. The maximum Gasteiger partial charge on any atom is 0.129 e. The standard InChI is InChI=1S/C10H11NOS/c1-13-10-8-4-2-3-5-9(8)12-7-6-11-10/h2-5H,6-7H2,1H3. The monoisotopic (exact) mass is 193 g/mol. The molecular weight excluding hydrogens is 182 g/mol. The molecule has 3 heteroatoms. The fourth-order valence-corrected chi connectivity index (χ4v) is 1.94. The average Bonchev–Trinajstić information content (AvgIpc) is 2.39. The summed E-state index contributed by atoms with van der Waals surface area (Å²) in [5, 5.41) is 1.08. The van der Waals surface area contributed by atoms with Gasteiger partial charge < -0.3 is 4.74 Å². The summed E-state index contributed by atoms with van der Waals surface area (Å²) >= 11 is 1.67. The van der Waals surface area contributed by atoms with Gasteiger partial charge in [-0.1, -0.05) is 12.1 Å². The van der Waals surface area contributed by atoms with Crippen molar-refractivity contribution in [1.29, 1.82) is 0 Å². The molecule has 0 radical (unpaired) electrons. The molecule has 1 aliphatic rings. The molecule has 13 heavy (non-hydrogen) atoms. The summed E-state index contributed by atoms with van der Waals surface area (Å²) in [6.45, 7) is 1.44. The first-order valence-corrected chi connectivity index (χ1v) is 5.45. The van der Waals surface area contributed by atoms with Crippen molar-refractivity contribution in [3.63, 3.8) is 0 Å². The zero-order valence-corrected chi connectivity index (χ0v) is 8.30. The predicted octanol–water partition coefficient (Wildman–Crippen LogP) is 2.19. The lowest BCUT2D eigenvalue weighted by Crippen LogP contribution is -1.98. The van der Waals surface area contributed by atoms with Crippen LogP contribution >= 0.6 is 11.8 Å². The Morgan fingerprint density at radius 3 is 3.08 bits per heavy atom.